The average molecular weight is 274 g/mol. The minimum Gasteiger partial charge on any atom is -0.393 e. The Kier molecular flexibility index (Phi) is 2.67. The summed E-state index contributed by atoms with van der Waals surface area (Å²) in [6.45, 7) is 3.98. The standard InChI is InChI=1S/C13H14N4OS/c1-7(2)11-10(14)12(18)17(16-11)13-15-8-5-3-4-6-9(8)19-13/h3-7,16H,14H2,1-2H3. The van der Waals surface area contributed by atoms with E-state index >= 15 is 0 Å². The number of hydrogen-bond acceptors (Lipinski definition) is 4. The Balaban J connectivity index is 2.21. The molecule has 5 nitrogen and oxygen atoms in total. The summed E-state index contributed by atoms with van der Waals surface area (Å²) in [5, 5.41) is 3.67. The molecule has 0 aliphatic heterocycles. The second kappa shape index (κ2) is 4.24. The lowest BCUT2D eigenvalue weighted by molar-refractivity contribution is 0.759. The summed E-state index contributed by atoms with van der Waals surface area (Å²) < 4.78 is 2.47. The molecule has 2 aromatic heterocycles. The molecule has 0 fully saturated rings. The highest BCUT2D eigenvalue weighted by atomic mass is 32.1. The van der Waals surface area contributed by atoms with Crippen molar-refractivity contribution in [1.82, 2.24) is 14.8 Å². The highest BCUT2D eigenvalue weighted by molar-refractivity contribution is 7.20. The summed E-state index contributed by atoms with van der Waals surface area (Å²) in [4.78, 5) is 16.6. The molecule has 0 spiro atoms. The van der Waals surface area contributed by atoms with Crippen molar-refractivity contribution in [2.24, 2.45) is 0 Å². The van der Waals surface area contributed by atoms with Crippen LogP contribution < -0.4 is 11.3 Å². The molecule has 0 radical (unpaired) electrons. The number of fused-ring (bicyclic) bond motifs is 1. The van der Waals surface area contributed by atoms with Gasteiger partial charge in [0.2, 0.25) is 5.13 Å². The number of nitrogens with zero attached hydrogens (tertiary/aromatic N) is 2. The first-order valence-corrected chi connectivity index (χ1v) is 6.86. The van der Waals surface area contributed by atoms with E-state index in [1.54, 1.807) is 0 Å². The summed E-state index contributed by atoms with van der Waals surface area (Å²) in [6.07, 6.45) is 0. The van der Waals surface area contributed by atoms with E-state index in [1.807, 2.05) is 38.1 Å². The van der Waals surface area contributed by atoms with Crippen LogP contribution in [0.4, 0.5) is 5.69 Å². The van der Waals surface area contributed by atoms with Crippen molar-refractivity contribution >= 4 is 27.2 Å². The number of aromatic amines is 1. The topological polar surface area (TPSA) is 76.7 Å². The largest absolute Gasteiger partial charge is 0.393 e. The molecule has 0 aliphatic rings. The van der Waals surface area contributed by atoms with Crippen LogP contribution in [0.1, 0.15) is 25.5 Å². The van der Waals surface area contributed by atoms with Crippen LogP contribution >= 0.6 is 11.3 Å². The molecule has 1 aromatic carbocycles. The summed E-state index contributed by atoms with van der Waals surface area (Å²) >= 11 is 1.46. The van der Waals surface area contributed by atoms with Crippen molar-refractivity contribution in [2.45, 2.75) is 19.8 Å². The van der Waals surface area contributed by atoms with Gasteiger partial charge in [-0.15, -0.1) is 0 Å². The van der Waals surface area contributed by atoms with Crippen LogP contribution in [0.25, 0.3) is 15.3 Å². The van der Waals surface area contributed by atoms with E-state index in [0.29, 0.717) is 5.13 Å². The van der Waals surface area contributed by atoms with E-state index in [-0.39, 0.29) is 17.2 Å². The predicted octanol–water partition coefficient (Wildman–Crippen LogP) is 2.48. The Hall–Kier alpha value is -2.08. The second-order valence-electron chi connectivity index (χ2n) is 4.70. The van der Waals surface area contributed by atoms with Crippen LogP contribution in [0.3, 0.4) is 0 Å². The zero-order valence-electron chi connectivity index (χ0n) is 10.7. The maximum Gasteiger partial charge on any atom is 0.296 e. The van der Waals surface area contributed by atoms with Gasteiger partial charge in [0, 0.05) is 0 Å². The first kappa shape index (κ1) is 12.0. The van der Waals surface area contributed by atoms with Gasteiger partial charge in [0.1, 0.15) is 5.69 Å². The van der Waals surface area contributed by atoms with Gasteiger partial charge in [0.05, 0.1) is 15.9 Å². The van der Waals surface area contributed by atoms with Gasteiger partial charge in [-0.25, -0.2) is 4.98 Å². The lowest BCUT2D eigenvalue weighted by Crippen LogP contribution is -2.16. The molecule has 0 saturated heterocycles. The molecule has 6 heteroatoms. The first-order chi connectivity index (χ1) is 9.08. The van der Waals surface area contributed by atoms with Crippen molar-refractivity contribution in [3.05, 3.63) is 40.3 Å². The highest BCUT2D eigenvalue weighted by Crippen LogP contribution is 2.25. The van der Waals surface area contributed by atoms with Crippen molar-refractivity contribution in [3.8, 4) is 5.13 Å². The monoisotopic (exact) mass is 274 g/mol. The maximum atomic E-state index is 12.1. The molecule has 0 aliphatic carbocycles. The lowest BCUT2D eigenvalue weighted by atomic mass is 10.1. The van der Waals surface area contributed by atoms with Gasteiger partial charge in [-0.1, -0.05) is 37.3 Å². The molecule has 2 heterocycles. The van der Waals surface area contributed by atoms with E-state index in [4.69, 9.17) is 5.73 Å². The molecule has 3 rings (SSSR count). The normalized spacial score (nSPS) is 11.5. The number of anilines is 1. The molecule has 0 saturated carbocycles. The average Bonchev–Trinajstić information content (AvgIpc) is 2.92. The zero-order chi connectivity index (χ0) is 13.6. The van der Waals surface area contributed by atoms with Gasteiger partial charge in [-0.2, -0.15) is 4.68 Å². The maximum absolute atomic E-state index is 12.1. The molecule has 0 bridgehead atoms. The highest BCUT2D eigenvalue weighted by Gasteiger charge is 2.16. The summed E-state index contributed by atoms with van der Waals surface area (Å²) in [7, 11) is 0. The smallest absolute Gasteiger partial charge is 0.296 e. The number of hydrogen-bond donors (Lipinski definition) is 2. The van der Waals surface area contributed by atoms with E-state index in [0.717, 1.165) is 15.9 Å². The molecular weight excluding hydrogens is 260 g/mol. The summed E-state index contributed by atoms with van der Waals surface area (Å²) in [6, 6.07) is 7.79. The Morgan fingerprint density at radius 2 is 2.11 bits per heavy atom. The van der Waals surface area contributed by atoms with Crippen LogP contribution in [0.2, 0.25) is 0 Å². The third-order valence-corrected chi connectivity index (χ3v) is 4.03. The van der Waals surface area contributed by atoms with Gasteiger partial charge in [-0.05, 0) is 18.1 Å². The van der Waals surface area contributed by atoms with E-state index in [1.165, 1.54) is 16.0 Å². The molecular formula is C13H14N4OS. The fraction of sp³-hybridized carbons (Fsp3) is 0.231. The summed E-state index contributed by atoms with van der Waals surface area (Å²) in [5.74, 6) is 0.170. The van der Waals surface area contributed by atoms with Crippen LogP contribution in [0.5, 0.6) is 0 Å². The minimum atomic E-state index is -0.234. The number of nitrogen functional groups attached to an aromatic ring is 1. The van der Waals surface area contributed by atoms with Gasteiger partial charge in [0.15, 0.2) is 0 Å². The number of para-hydroxylation sites is 1. The minimum absolute atomic E-state index is 0.170. The van der Waals surface area contributed by atoms with Crippen molar-refractivity contribution in [2.75, 3.05) is 5.73 Å². The Labute approximate surface area is 113 Å². The van der Waals surface area contributed by atoms with Crippen molar-refractivity contribution < 1.29 is 0 Å². The van der Waals surface area contributed by atoms with Crippen LogP contribution in [0.15, 0.2) is 29.1 Å². The Morgan fingerprint density at radius 3 is 2.74 bits per heavy atom. The van der Waals surface area contributed by atoms with E-state index in [2.05, 4.69) is 10.1 Å². The van der Waals surface area contributed by atoms with Crippen LogP contribution in [-0.2, 0) is 0 Å². The zero-order valence-corrected chi connectivity index (χ0v) is 11.5. The number of nitrogens with two attached hydrogens (primary N) is 1. The number of benzene rings is 1. The number of H-pyrrole nitrogens is 1. The SMILES string of the molecule is CC(C)c1[nH]n(-c2nc3ccccc3s2)c(=O)c1N. The third-order valence-electron chi connectivity index (χ3n) is 3.01. The molecule has 0 unspecified atom stereocenters. The lowest BCUT2D eigenvalue weighted by Gasteiger charge is -2.01. The fourth-order valence-electron chi connectivity index (χ4n) is 2.00. The number of aromatic nitrogens is 3. The predicted molar refractivity (Wildman–Crippen MR) is 78.1 cm³/mol. The van der Waals surface area contributed by atoms with Gasteiger partial charge < -0.3 is 5.73 Å². The Morgan fingerprint density at radius 1 is 1.37 bits per heavy atom. The molecule has 3 aromatic rings. The molecule has 3 N–H and O–H groups in total. The van der Waals surface area contributed by atoms with Crippen molar-refractivity contribution in [3.63, 3.8) is 0 Å². The molecule has 0 atom stereocenters. The van der Waals surface area contributed by atoms with Gasteiger partial charge >= 0.3 is 0 Å². The van der Waals surface area contributed by atoms with Crippen LogP contribution in [-0.4, -0.2) is 14.8 Å². The van der Waals surface area contributed by atoms with E-state index < -0.39 is 0 Å². The quantitative estimate of drug-likeness (QED) is 0.753. The van der Waals surface area contributed by atoms with Crippen molar-refractivity contribution in [1.29, 1.82) is 0 Å². The number of thiazole rings is 1. The third kappa shape index (κ3) is 1.84. The fourth-order valence-corrected chi connectivity index (χ4v) is 2.92. The van der Waals surface area contributed by atoms with Gasteiger partial charge in [0.25, 0.3) is 5.56 Å². The first-order valence-electron chi connectivity index (χ1n) is 6.04. The molecule has 98 valence electrons. The molecule has 19 heavy (non-hydrogen) atoms. The second-order valence-corrected chi connectivity index (χ2v) is 5.71. The number of rotatable bonds is 2. The summed E-state index contributed by atoms with van der Waals surface area (Å²) in [5.41, 5.74) is 7.52. The Bertz CT molecular complexity index is 763. The van der Waals surface area contributed by atoms with E-state index in [9.17, 15) is 4.79 Å². The molecule has 0 amide bonds. The van der Waals surface area contributed by atoms with Crippen LogP contribution in [0, 0.1) is 0 Å². The number of nitrogens with one attached hydrogen (secondary N) is 1. The van der Waals surface area contributed by atoms with Gasteiger partial charge in [-0.3, -0.25) is 9.89 Å².